The topological polar surface area (TPSA) is 65.2 Å². The zero-order valence-corrected chi connectivity index (χ0v) is 11.5. The molecule has 2 rings (SSSR count). The van der Waals surface area contributed by atoms with Crippen molar-refractivity contribution in [1.29, 1.82) is 0 Å². The number of aryl methyl sites for hydroxylation is 1. The Bertz CT molecular complexity index is 599. The SMILES string of the molecule is CCc1nc(COc2c(Cl)cc(Cl)cc2C=O)no1. The highest BCUT2D eigenvalue weighted by atomic mass is 35.5. The van der Waals surface area contributed by atoms with Crippen molar-refractivity contribution in [2.24, 2.45) is 0 Å². The van der Waals surface area contributed by atoms with Crippen molar-refractivity contribution in [3.63, 3.8) is 0 Å². The molecule has 2 aromatic rings. The number of ether oxygens (including phenoxy) is 1. The second-order valence-electron chi connectivity index (χ2n) is 3.67. The Kier molecular flexibility index (Phi) is 4.39. The van der Waals surface area contributed by atoms with Gasteiger partial charge in [0.05, 0.1) is 10.6 Å². The van der Waals surface area contributed by atoms with Crippen LogP contribution in [0.5, 0.6) is 5.75 Å². The lowest BCUT2D eigenvalue weighted by atomic mass is 10.2. The van der Waals surface area contributed by atoms with Gasteiger partial charge in [-0.15, -0.1) is 0 Å². The molecule has 0 atom stereocenters. The number of benzene rings is 1. The van der Waals surface area contributed by atoms with E-state index in [9.17, 15) is 4.79 Å². The average Bonchev–Trinajstić information content (AvgIpc) is 2.84. The minimum absolute atomic E-state index is 0.0612. The van der Waals surface area contributed by atoms with E-state index in [1.807, 2.05) is 6.92 Å². The van der Waals surface area contributed by atoms with Crippen molar-refractivity contribution in [3.8, 4) is 5.75 Å². The van der Waals surface area contributed by atoms with Crippen LogP contribution in [-0.4, -0.2) is 16.4 Å². The maximum atomic E-state index is 10.9. The monoisotopic (exact) mass is 300 g/mol. The molecule has 1 aromatic carbocycles. The van der Waals surface area contributed by atoms with E-state index in [-0.39, 0.29) is 22.9 Å². The van der Waals surface area contributed by atoms with E-state index in [4.69, 9.17) is 32.5 Å². The fourth-order valence-corrected chi connectivity index (χ4v) is 2.01. The number of halogens is 2. The van der Waals surface area contributed by atoms with Crippen LogP contribution < -0.4 is 4.74 Å². The van der Waals surface area contributed by atoms with Gasteiger partial charge in [0.25, 0.3) is 0 Å². The largest absolute Gasteiger partial charge is 0.483 e. The molecular formula is C12H10Cl2N2O3. The molecule has 0 aliphatic rings. The maximum absolute atomic E-state index is 10.9. The summed E-state index contributed by atoms with van der Waals surface area (Å²) in [5.74, 6) is 1.17. The zero-order valence-electron chi connectivity index (χ0n) is 10.0. The van der Waals surface area contributed by atoms with Gasteiger partial charge in [-0.2, -0.15) is 4.98 Å². The summed E-state index contributed by atoms with van der Waals surface area (Å²) in [5, 5.41) is 4.36. The van der Waals surface area contributed by atoms with Gasteiger partial charge in [-0.1, -0.05) is 35.3 Å². The van der Waals surface area contributed by atoms with Gasteiger partial charge in [0.1, 0.15) is 5.75 Å². The number of rotatable bonds is 5. The highest BCUT2D eigenvalue weighted by Gasteiger charge is 2.12. The Balaban J connectivity index is 2.17. The fourth-order valence-electron chi connectivity index (χ4n) is 1.45. The zero-order chi connectivity index (χ0) is 13.8. The molecule has 0 unspecified atom stereocenters. The number of nitrogens with zero attached hydrogens (tertiary/aromatic N) is 2. The van der Waals surface area contributed by atoms with Crippen molar-refractivity contribution in [3.05, 3.63) is 39.5 Å². The van der Waals surface area contributed by atoms with Crippen molar-refractivity contribution >= 4 is 29.5 Å². The van der Waals surface area contributed by atoms with Crippen LogP contribution in [0.1, 0.15) is 29.0 Å². The van der Waals surface area contributed by atoms with Gasteiger partial charge in [-0.05, 0) is 12.1 Å². The summed E-state index contributed by atoms with van der Waals surface area (Å²) in [7, 11) is 0. The number of aromatic nitrogens is 2. The van der Waals surface area contributed by atoms with Gasteiger partial charge < -0.3 is 9.26 Å². The van der Waals surface area contributed by atoms with Crippen molar-refractivity contribution in [1.82, 2.24) is 10.1 Å². The Morgan fingerprint density at radius 1 is 1.42 bits per heavy atom. The predicted molar refractivity (Wildman–Crippen MR) is 69.9 cm³/mol. The average molecular weight is 301 g/mol. The number of hydrogen-bond acceptors (Lipinski definition) is 5. The third-order valence-corrected chi connectivity index (χ3v) is 2.82. The molecule has 0 saturated heterocycles. The number of carbonyl (C=O) groups is 1. The lowest BCUT2D eigenvalue weighted by Gasteiger charge is -2.08. The smallest absolute Gasteiger partial charge is 0.226 e. The van der Waals surface area contributed by atoms with Crippen molar-refractivity contribution in [2.45, 2.75) is 20.0 Å². The molecular weight excluding hydrogens is 291 g/mol. The number of aldehydes is 1. The minimum atomic E-state index is 0.0612. The summed E-state index contributed by atoms with van der Waals surface area (Å²) in [6, 6.07) is 2.97. The molecule has 0 saturated carbocycles. The van der Waals surface area contributed by atoms with Crippen LogP contribution in [0, 0.1) is 0 Å². The Morgan fingerprint density at radius 3 is 2.84 bits per heavy atom. The van der Waals surface area contributed by atoms with Crippen LogP contribution in [-0.2, 0) is 13.0 Å². The summed E-state index contributed by atoms with van der Waals surface area (Å²) in [4.78, 5) is 15.0. The van der Waals surface area contributed by atoms with Gasteiger partial charge in [-0.3, -0.25) is 4.79 Å². The summed E-state index contributed by atoms with van der Waals surface area (Å²) in [6.45, 7) is 1.96. The molecule has 7 heteroatoms. The molecule has 0 aliphatic heterocycles. The summed E-state index contributed by atoms with van der Waals surface area (Å²) in [6.07, 6.45) is 1.27. The van der Waals surface area contributed by atoms with Crippen LogP contribution >= 0.6 is 23.2 Å². The van der Waals surface area contributed by atoms with E-state index < -0.39 is 0 Å². The maximum Gasteiger partial charge on any atom is 0.226 e. The molecule has 0 fully saturated rings. The first-order valence-electron chi connectivity index (χ1n) is 5.52. The van der Waals surface area contributed by atoms with Crippen LogP contribution in [0.25, 0.3) is 0 Å². The Hall–Kier alpha value is -1.59. The number of hydrogen-bond donors (Lipinski definition) is 0. The molecule has 100 valence electrons. The van der Waals surface area contributed by atoms with E-state index >= 15 is 0 Å². The standard InChI is InChI=1S/C12H10Cl2N2O3/c1-2-11-15-10(16-19-11)6-18-12-7(5-17)3-8(13)4-9(12)14/h3-5H,2,6H2,1H3. The van der Waals surface area contributed by atoms with Crippen LogP contribution in [0.3, 0.4) is 0 Å². The third-order valence-electron chi connectivity index (χ3n) is 2.32. The van der Waals surface area contributed by atoms with Crippen molar-refractivity contribution in [2.75, 3.05) is 0 Å². The van der Waals surface area contributed by atoms with E-state index in [1.54, 1.807) is 0 Å². The van der Waals surface area contributed by atoms with E-state index in [0.717, 1.165) is 0 Å². The van der Waals surface area contributed by atoms with Gasteiger partial charge in [-0.25, -0.2) is 0 Å². The normalized spacial score (nSPS) is 10.5. The summed E-state index contributed by atoms with van der Waals surface area (Å²) >= 11 is 11.8. The molecule has 0 bridgehead atoms. The van der Waals surface area contributed by atoms with Gasteiger partial charge in [0.2, 0.25) is 11.7 Å². The number of carbonyl (C=O) groups excluding carboxylic acids is 1. The van der Waals surface area contributed by atoms with Crippen molar-refractivity contribution < 1.29 is 14.1 Å². The highest BCUT2D eigenvalue weighted by molar-refractivity contribution is 6.36. The second kappa shape index (κ2) is 6.04. The Labute approximate surface area is 119 Å². The molecule has 1 aromatic heterocycles. The van der Waals surface area contributed by atoms with Gasteiger partial charge in [0, 0.05) is 11.4 Å². The molecule has 0 radical (unpaired) electrons. The molecule has 0 amide bonds. The predicted octanol–water partition coefficient (Wildman–Crippen LogP) is 3.33. The second-order valence-corrected chi connectivity index (χ2v) is 4.51. The molecule has 5 nitrogen and oxygen atoms in total. The van der Waals surface area contributed by atoms with Gasteiger partial charge in [0.15, 0.2) is 12.9 Å². The quantitative estimate of drug-likeness (QED) is 0.792. The molecule has 0 aliphatic carbocycles. The van der Waals surface area contributed by atoms with Gasteiger partial charge >= 0.3 is 0 Å². The van der Waals surface area contributed by atoms with E-state index in [1.165, 1.54) is 12.1 Å². The first-order chi connectivity index (χ1) is 9.13. The summed E-state index contributed by atoms with van der Waals surface area (Å²) < 4.78 is 10.4. The van der Waals surface area contributed by atoms with E-state index in [0.29, 0.717) is 29.4 Å². The molecule has 1 heterocycles. The minimum Gasteiger partial charge on any atom is -0.483 e. The highest BCUT2D eigenvalue weighted by Crippen LogP contribution is 2.31. The first-order valence-corrected chi connectivity index (χ1v) is 6.28. The summed E-state index contributed by atoms with van der Waals surface area (Å²) in [5.41, 5.74) is 0.275. The Morgan fingerprint density at radius 2 is 2.21 bits per heavy atom. The molecule has 0 N–H and O–H groups in total. The fraction of sp³-hybridized carbons (Fsp3) is 0.250. The lowest BCUT2D eigenvalue weighted by molar-refractivity contribution is 0.111. The first kappa shape index (κ1) is 13.8. The lowest BCUT2D eigenvalue weighted by Crippen LogP contribution is -2.01. The molecule has 0 spiro atoms. The third kappa shape index (κ3) is 3.24. The van der Waals surface area contributed by atoms with Crippen LogP contribution in [0.2, 0.25) is 10.0 Å². The van der Waals surface area contributed by atoms with Crippen LogP contribution in [0.4, 0.5) is 0 Å². The molecule has 19 heavy (non-hydrogen) atoms. The van der Waals surface area contributed by atoms with Crippen LogP contribution in [0.15, 0.2) is 16.7 Å². The van der Waals surface area contributed by atoms with E-state index in [2.05, 4.69) is 10.1 Å².